The lowest BCUT2D eigenvalue weighted by Crippen LogP contribution is -2.24. The summed E-state index contributed by atoms with van der Waals surface area (Å²) < 4.78 is 21.3. The molecule has 344 valence electrons. The van der Waals surface area contributed by atoms with Crippen molar-refractivity contribution in [3.05, 3.63) is 212 Å². The molecule has 10 N–H and O–H groups in total. The van der Waals surface area contributed by atoms with Crippen LogP contribution >= 0.6 is 0 Å². The van der Waals surface area contributed by atoms with E-state index in [1.54, 1.807) is 72.8 Å². The van der Waals surface area contributed by atoms with Gasteiger partial charge in [-0.25, -0.2) is 0 Å². The molecule has 2 heterocycles. The van der Waals surface area contributed by atoms with E-state index in [0.29, 0.717) is 78.3 Å². The van der Waals surface area contributed by atoms with Crippen LogP contribution in [-0.4, -0.2) is 51.1 Å². The van der Waals surface area contributed by atoms with Crippen LogP contribution in [0.3, 0.4) is 0 Å². The van der Waals surface area contributed by atoms with Gasteiger partial charge in [-0.2, -0.15) is 0 Å². The molecule has 0 saturated heterocycles. The Morgan fingerprint density at radius 3 is 0.942 bits per heavy atom. The first-order valence-electron chi connectivity index (χ1n) is 22.3. The molecule has 69 heavy (non-hydrogen) atoms. The topological polar surface area (TPSA) is 230 Å². The number of hydrogen-bond donors (Lipinski definition) is 10. The summed E-state index contributed by atoms with van der Waals surface area (Å²) in [6, 6.07) is 37.5. The third-order valence-corrected chi connectivity index (χ3v) is 14.2. The molecule has 0 bridgehead atoms. The normalized spacial score (nSPS) is 22.5. The van der Waals surface area contributed by atoms with Crippen LogP contribution in [0.25, 0.3) is 0 Å². The van der Waals surface area contributed by atoms with Gasteiger partial charge in [0.15, 0.2) is 0 Å². The summed E-state index contributed by atoms with van der Waals surface area (Å²) in [7, 11) is 0. The number of fused-ring (bicyclic) bond motifs is 4. The second-order valence-corrected chi connectivity index (χ2v) is 18.2. The number of rotatable bonds is 6. The number of ether oxygens (including phenoxy) is 3. The summed E-state index contributed by atoms with van der Waals surface area (Å²) >= 11 is 0. The second kappa shape index (κ2) is 15.4. The van der Waals surface area contributed by atoms with Crippen LogP contribution in [0, 0.1) is 0 Å². The summed E-state index contributed by atoms with van der Waals surface area (Å²) in [6.45, 7) is 0. The first-order chi connectivity index (χ1) is 33.3. The fourth-order valence-corrected chi connectivity index (χ4v) is 11.4. The molecule has 0 saturated carbocycles. The number of phenols is 10. The van der Waals surface area contributed by atoms with E-state index < -0.39 is 48.1 Å². The monoisotopic (exact) mass is 922 g/mol. The van der Waals surface area contributed by atoms with Gasteiger partial charge in [-0.15, -0.1) is 0 Å². The minimum absolute atomic E-state index is 0.0277. The van der Waals surface area contributed by atoms with Crippen LogP contribution in [0.4, 0.5) is 0 Å². The van der Waals surface area contributed by atoms with Gasteiger partial charge in [-0.1, -0.05) is 48.5 Å². The van der Waals surface area contributed by atoms with E-state index in [-0.39, 0.29) is 57.5 Å². The lowest BCUT2D eigenvalue weighted by molar-refractivity contribution is -0.0329. The SMILES string of the molecule is Oc1ccc([C@@H]2c3c(O)cc(O)cc3[C@@H]3c4c(cc(O)cc4[C@H]2O[C@@H]2c4cc(O)cc5c4[C@@H](c4cc(O)cc(O)c4[C@H]2c2ccc(O)cc2)[C@H](c2ccc(O)cc2)O5)O[C@H]3c2ccc(O)cc2)cc1. The summed E-state index contributed by atoms with van der Waals surface area (Å²) in [5, 5.41) is 113. The van der Waals surface area contributed by atoms with Crippen molar-refractivity contribution >= 4 is 0 Å². The first kappa shape index (κ1) is 41.7. The smallest absolute Gasteiger partial charge is 0.135 e. The lowest BCUT2D eigenvalue weighted by Gasteiger charge is -2.37. The molecule has 0 amide bonds. The van der Waals surface area contributed by atoms with Crippen LogP contribution in [0.5, 0.6) is 69.0 Å². The highest BCUT2D eigenvalue weighted by atomic mass is 16.5. The zero-order valence-electron chi connectivity index (χ0n) is 36.2. The molecule has 13 heteroatoms. The first-order valence-corrected chi connectivity index (χ1v) is 22.3. The van der Waals surface area contributed by atoms with Gasteiger partial charge in [0.25, 0.3) is 0 Å². The maximum Gasteiger partial charge on any atom is 0.135 e. The molecule has 12 rings (SSSR count). The van der Waals surface area contributed by atoms with E-state index in [2.05, 4.69) is 0 Å². The van der Waals surface area contributed by atoms with Gasteiger partial charge < -0.3 is 65.3 Å². The molecule has 2 aliphatic heterocycles. The Balaban J connectivity index is 1.17. The van der Waals surface area contributed by atoms with Crippen molar-refractivity contribution in [1.29, 1.82) is 0 Å². The second-order valence-electron chi connectivity index (χ2n) is 18.2. The molecule has 8 aromatic carbocycles. The molecule has 13 nitrogen and oxygen atoms in total. The average molecular weight is 923 g/mol. The quantitative estimate of drug-likeness (QED) is 0.0749. The van der Waals surface area contributed by atoms with E-state index in [1.807, 2.05) is 0 Å². The standard InChI is InChI=1S/C56H42O13/c57-29-9-1-25(2-10-29)45-47-37(17-33(61)21-41(47)65)51-49-39(19-35(63)23-43(49)67-53(51)27-5-13-31(59)14-6-27)55(45)69-56-40-20-36(64)24-44-50(40)52(54(68-44)28-7-15-32(60)16-8-28)38-18-34(62)22-42(66)48(38)46(56)26-3-11-30(58)12-4-26/h1-24,45-46,51-66H/t45-,46-,51-,52-,53+,54+,55-,56-/m1/s1. The van der Waals surface area contributed by atoms with Gasteiger partial charge in [0.1, 0.15) is 81.2 Å². The minimum Gasteiger partial charge on any atom is -0.508 e. The van der Waals surface area contributed by atoms with Gasteiger partial charge in [0.2, 0.25) is 0 Å². The fourth-order valence-electron chi connectivity index (χ4n) is 11.4. The summed E-state index contributed by atoms with van der Waals surface area (Å²) in [6.07, 6.45) is -4.06. The van der Waals surface area contributed by atoms with Crippen molar-refractivity contribution in [3.63, 3.8) is 0 Å². The molecule has 0 fully saturated rings. The maximum atomic E-state index is 12.3. The highest BCUT2D eigenvalue weighted by molar-refractivity contribution is 5.68. The van der Waals surface area contributed by atoms with E-state index >= 15 is 0 Å². The predicted molar refractivity (Wildman–Crippen MR) is 249 cm³/mol. The Labute approximate surface area is 393 Å². The third-order valence-electron chi connectivity index (χ3n) is 14.2. The number of phenolic OH excluding ortho intramolecular Hbond substituents is 10. The van der Waals surface area contributed by atoms with E-state index in [9.17, 15) is 51.1 Å². The van der Waals surface area contributed by atoms with Gasteiger partial charge in [-0.3, -0.25) is 0 Å². The van der Waals surface area contributed by atoms with Crippen LogP contribution in [0.2, 0.25) is 0 Å². The number of aromatic hydroxyl groups is 10. The van der Waals surface area contributed by atoms with Crippen molar-refractivity contribution in [3.8, 4) is 69.0 Å². The van der Waals surface area contributed by atoms with Gasteiger partial charge in [0, 0.05) is 58.4 Å². The Morgan fingerprint density at radius 2 is 0.594 bits per heavy atom. The van der Waals surface area contributed by atoms with Gasteiger partial charge in [-0.05, 0) is 117 Å². The van der Waals surface area contributed by atoms with Gasteiger partial charge >= 0.3 is 0 Å². The van der Waals surface area contributed by atoms with Crippen LogP contribution in [-0.2, 0) is 4.74 Å². The van der Waals surface area contributed by atoms with E-state index in [4.69, 9.17) is 14.2 Å². The molecular formula is C56H42O13. The van der Waals surface area contributed by atoms with Crippen LogP contribution < -0.4 is 9.47 Å². The van der Waals surface area contributed by atoms with Gasteiger partial charge in [0.05, 0.1) is 24.0 Å². The Bertz CT molecular complexity index is 3130. The summed E-state index contributed by atoms with van der Waals surface area (Å²) in [4.78, 5) is 0. The van der Waals surface area contributed by atoms with E-state index in [1.165, 1.54) is 72.8 Å². The van der Waals surface area contributed by atoms with E-state index in [0.717, 1.165) is 0 Å². The van der Waals surface area contributed by atoms with Crippen molar-refractivity contribution in [2.45, 2.75) is 48.1 Å². The lowest BCUT2D eigenvalue weighted by atomic mass is 9.79. The molecule has 0 aromatic heterocycles. The average Bonchev–Trinajstić information content (AvgIpc) is 3.82. The molecule has 8 aromatic rings. The molecular weight excluding hydrogens is 881 g/mol. The zero-order chi connectivity index (χ0) is 47.6. The molecule has 0 radical (unpaired) electrons. The summed E-state index contributed by atoms with van der Waals surface area (Å²) in [5.41, 5.74) is 6.01. The summed E-state index contributed by atoms with van der Waals surface area (Å²) in [5.74, 6) is -4.32. The van der Waals surface area contributed by atoms with Crippen LogP contribution in [0.1, 0.15) is 115 Å². The fraction of sp³-hybridized carbons (Fsp3) is 0.143. The Morgan fingerprint density at radius 1 is 0.290 bits per heavy atom. The largest absolute Gasteiger partial charge is 0.508 e. The third kappa shape index (κ3) is 6.64. The molecule has 8 atom stereocenters. The van der Waals surface area contributed by atoms with Crippen molar-refractivity contribution in [2.75, 3.05) is 0 Å². The molecule has 2 aliphatic carbocycles. The maximum absolute atomic E-state index is 12.3. The van der Waals surface area contributed by atoms with Crippen molar-refractivity contribution in [1.82, 2.24) is 0 Å². The van der Waals surface area contributed by atoms with Crippen molar-refractivity contribution in [2.24, 2.45) is 0 Å². The van der Waals surface area contributed by atoms with Crippen molar-refractivity contribution < 1.29 is 65.3 Å². The zero-order valence-corrected chi connectivity index (χ0v) is 36.2. The molecule has 0 spiro atoms. The highest BCUT2D eigenvalue weighted by Gasteiger charge is 2.52. The molecule has 0 unspecified atom stereocenters. The van der Waals surface area contributed by atoms with Crippen LogP contribution in [0.15, 0.2) is 146 Å². The Hall–Kier alpha value is -8.68. The molecule has 4 aliphatic rings. The number of hydrogen-bond acceptors (Lipinski definition) is 13. The minimum atomic E-state index is -1.21. The predicted octanol–water partition coefficient (Wildman–Crippen LogP) is 10.4. The Kier molecular flexibility index (Phi) is 9.34. The highest BCUT2D eigenvalue weighted by Crippen LogP contribution is 2.66. The number of benzene rings is 8.